The minimum Gasteiger partial charge on any atom is -0.419 e. The van der Waals surface area contributed by atoms with E-state index in [1.807, 2.05) is 17.5 Å². The first-order valence-corrected chi connectivity index (χ1v) is 9.49. The molecule has 3 aromatic rings. The normalized spacial score (nSPS) is 15.9. The first-order valence-electron chi connectivity index (χ1n) is 7.73. The van der Waals surface area contributed by atoms with Crippen LogP contribution in [0.15, 0.2) is 27.1 Å². The Morgan fingerprint density at radius 3 is 2.91 bits per heavy atom. The van der Waals surface area contributed by atoms with Gasteiger partial charge in [0.25, 0.3) is 5.89 Å². The fourth-order valence-corrected chi connectivity index (χ4v) is 4.03. The molecule has 0 unspecified atom stereocenters. The molecule has 23 heavy (non-hydrogen) atoms. The van der Waals surface area contributed by atoms with Gasteiger partial charge in [0.15, 0.2) is 5.16 Å². The first kappa shape index (κ1) is 14.9. The zero-order valence-corrected chi connectivity index (χ0v) is 14.6. The fourth-order valence-electron chi connectivity index (χ4n) is 2.44. The van der Waals surface area contributed by atoms with Crippen LogP contribution in [0.25, 0.3) is 10.8 Å². The molecule has 0 amide bonds. The van der Waals surface area contributed by atoms with Crippen molar-refractivity contribution >= 4 is 23.1 Å². The Balaban J connectivity index is 1.53. The lowest BCUT2D eigenvalue weighted by Crippen LogP contribution is -2.02. The van der Waals surface area contributed by atoms with Gasteiger partial charge in [0.1, 0.15) is 5.82 Å². The third kappa shape index (κ3) is 2.92. The maximum atomic E-state index is 5.81. The van der Waals surface area contributed by atoms with Crippen molar-refractivity contribution in [3.63, 3.8) is 0 Å². The van der Waals surface area contributed by atoms with Crippen molar-refractivity contribution < 1.29 is 4.42 Å². The van der Waals surface area contributed by atoms with Crippen molar-refractivity contribution in [2.45, 2.75) is 49.6 Å². The van der Waals surface area contributed by atoms with Crippen LogP contribution in [0.4, 0.5) is 0 Å². The second kappa shape index (κ2) is 6.09. The van der Waals surface area contributed by atoms with Gasteiger partial charge in [-0.15, -0.1) is 31.7 Å². The highest BCUT2D eigenvalue weighted by Gasteiger charge is 2.30. The van der Waals surface area contributed by atoms with Crippen molar-refractivity contribution in [1.82, 2.24) is 25.0 Å². The minimum absolute atomic E-state index is 0.0396. The molecule has 1 aliphatic rings. The summed E-state index contributed by atoms with van der Waals surface area (Å²) in [6, 6.07) is 3.96. The molecule has 0 aliphatic heterocycles. The number of aromatic nitrogens is 5. The summed E-state index contributed by atoms with van der Waals surface area (Å²) >= 11 is 3.22. The summed E-state index contributed by atoms with van der Waals surface area (Å²) in [5.74, 6) is 2.92. The van der Waals surface area contributed by atoms with E-state index in [0.717, 1.165) is 22.4 Å². The van der Waals surface area contributed by atoms with Crippen LogP contribution in [0.2, 0.25) is 0 Å². The zero-order valence-electron chi connectivity index (χ0n) is 13.0. The number of thioether (sulfide) groups is 1. The lowest BCUT2D eigenvalue weighted by atomic mass is 10.4. The van der Waals surface area contributed by atoms with Gasteiger partial charge in [-0.2, -0.15) is 0 Å². The molecule has 1 aliphatic carbocycles. The second-order valence-electron chi connectivity index (χ2n) is 5.54. The van der Waals surface area contributed by atoms with E-state index in [9.17, 15) is 0 Å². The van der Waals surface area contributed by atoms with Gasteiger partial charge in [-0.05, 0) is 38.1 Å². The second-order valence-corrected chi connectivity index (χ2v) is 7.80. The Bertz CT molecular complexity index is 791. The number of nitrogens with zero attached hydrogens (tertiary/aromatic N) is 5. The Morgan fingerprint density at radius 1 is 1.35 bits per heavy atom. The average molecular weight is 347 g/mol. The minimum atomic E-state index is 0.0396. The Kier molecular flexibility index (Phi) is 3.94. The van der Waals surface area contributed by atoms with Gasteiger partial charge in [0.05, 0.1) is 10.1 Å². The van der Waals surface area contributed by atoms with Crippen molar-refractivity contribution in [2.75, 3.05) is 0 Å². The van der Waals surface area contributed by atoms with Crippen LogP contribution >= 0.6 is 23.1 Å². The molecule has 0 saturated heterocycles. The molecule has 0 N–H and O–H groups in total. The van der Waals surface area contributed by atoms with Crippen LogP contribution < -0.4 is 0 Å². The standard InChI is InChI=1S/C15H17N5OS2/c1-3-20-12(10-6-7-10)16-19-15(20)23-9(2)13-17-18-14(21-13)11-5-4-8-22-11/h4-5,8-10H,3,6-7H2,1-2H3/t9-/m1/s1. The van der Waals surface area contributed by atoms with Crippen molar-refractivity contribution in [3.05, 3.63) is 29.2 Å². The first-order chi connectivity index (χ1) is 11.3. The van der Waals surface area contributed by atoms with Crippen LogP contribution in [-0.2, 0) is 6.54 Å². The van der Waals surface area contributed by atoms with Gasteiger partial charge < -0.3 is 8.98 Å². The number of hydrogen-bond donors (Lipinski definition) is 0. The molecule has 1 saturated carbocycles. The monoisotopic (exact) mass is 347 g/mol. The van der Waals surface area contributed by atoms with E-state index in [1.165, 1.54) is 12.8 Å². The summed E-state index contributed by atoms with van der Waals surface area (Å²) in [6.07, 6.45) is 2.46. The van der Waals surface area contributed by atoms with Crippen LogP contribution in [-0.4, -0.2) is 25.0 Å². The van der Waals surface area contributed by atoms with Gasteiger partial charge in [0, 0.05) is 12.5 Å². The molecule has 4 rings (SSSR count). The molecule has 1 fully saturated rings. The summed E-state index contributed by atoms with van der Waals surface area (Å²) in [5, 5.41) is 20.0. The molecule has 6 nitrogen and oxygen atoms in total. The smallest absolute Gasteiger partial charge is 0.257 e. The van der Waals surface area contributed by atoms with Crippen LogP contribution in [0, 0.1) is 0 Å². The van der Waals surface area contributed by atoms with E-state index < -0.39 is 0 Å². The van der Waals surface area contributed by atoms with Gasteiger partial charge in [0.2, 0.25) is 5.89 Å². The number of rotatable bonds is 6. The summed E-state index contributed by atoms with van der Waals surface area (Å²) < 4.78 is 8.02. The van der Waals surface area contributed by atoms with Gasteiger partial charge in [-0.3, -0.25) is 0 Å². The quantitative estimate of drug-likeness (QED) is 0.624. The van der Waals surface area contributed by atoms with E-state index in [0.29, 0.717) is 17.7 Å². The van der Waals surface area contributed by atoms with E-state index in [-0.39, 0.29) is 5.25 Å². The van der Waals surface area contributed by atoms with Gasteiger partial charge in [-0.1, -0.05) is 17.8 Å². The fraction of sp³-hybridized carbons (Fsp3) is 0.467. The third-order valence-corrected chi connectivity index (χ3v) is 5.73. The van der Waals surface area contributed by atoms with Crippen LogP contribution in [0.1, 0.15) is 49.6 Å². The van der Waals surface area contributed by atoms with Crippen LogP contribution in [0.3, 0.4) is 0 Å². The number of thiophene rings is 1. The topological polar surface area (TPSA) is 69.6 Å². The molecule has 0 radical (unpaired) electrons. The van der Waals surface area contributed by atoms with Crippen molar-refractivity contribution in [2.24, 2.45) is 0 Å². The van der Waals surface area contributed by atoms with E-state index >= 15 is 0 Å². The van der Waals surface area contributed by atoms with Crippen molar-refractivity contribution in [3.8, 4) is 10.8 Å². The lowest BCUT2D eigenvalue weighted by Gasteiger charge is -2.08. The van der Waals surface area contributed by atoms with Crippen molar-refractivity contribution in [1.29, 1.82) is 0 Å². The molecule has 120 valence electrons. The maximum absolute atomic E-state index is 5.81. The largest absolute Gasteiger partial charge is 0.419 e. The molecule has 1 atom stereocenters. The molecule has 0 aromatic carbocycles. The summed E-state index contributed by atoms with van der Waals surface area (Å²) in [6.45, 7) is 5.07. The predicted octanol–water partition coefficient (Wildman–Crippen LogP) is 4.14. The van der Waals surface area contributed by atoms with E-state index in [1.54, 1.807) is 23.1 Å². The Labute approximate surface area is 142 Å². The Hall–Kier alpha value is -1.67. The highest BCUT2D eigenvalue weighted by molar-refractivity contribution is 7.99. The molecule has 0 bridgehead atoms. The summed E-state index contributed by atoms with van der Waals surface area (Å²) in [5.41, 5.74) is 0. The summed E-state index contributed by atoms with van der Waals surface area (Å²) in [7, 11) is 0. The van der Waals surface area contributed by atoms with Gasteiger partial charge >= 0.3 is 0 Å². The third-order valence-electron chi connectivity index (χ3n) is 3.81. The maximum Gasteiger partial charge on any atom is 0.257 e. The molecule has 3 heterocycles. The highest BCUT2D eigenvalue weighted by Crippen LogP contribution is 2.41. The summed E-state index contributed by atoms with van der Waals surface area (Å²) in [4.78, 5) is 0.994. The average Bonchev–Trinajstić information content (AvgIpc) is 3.00. The SMILES string of the molecule is CCn1c(S[C@H](C)c2nnc(-c3cccs3)o2)nnc1C1CC1. The molecule has 3 aromatic heterocycles. The molecule has 8 heteroatoms. The molecular weight excluding hydrogens is 330 g/mol. The molecule has 0 spiro atoms. The number of hydrogen-bond acceptors (Lipinski definition) is 7. The predicted molar refractivity (Wildman–Crippen MR) is 89.6 cm³/mol. The highest BCUT2D eigenvalue weighted by atomic mass is 32.2. The van der Waals surface area contributed by atoms with E-state index in [2.05, 4.69) is 38.8 Å². The van der Waals surface area contributed by atoms with E-state index in [4.69, 9.17) is 4.42 Å². The molecular formula is C15H17N5OS2. The Morgan fingerprint density at radius 2 is 2.22 bits per heavy atom. The lowest BCUT2D eigenvalue weighted by molar-refractivity contribution is 0.509. The van der Waals surface area contributed by atoms with Gasteiger partial charge in [-0.25, -0.2) is 0 Å². The zero-order chi connectivity index (χ0) is 15.8. The van der Waals surface area contributed by atoms with Crippen LogP contribution in [0.5, 0.6) is 0 Å².